The Morgan fingerprint density at radius 2 is 1.72 bits per heavy atom. The van der Waals surface area contributed by atoms with Gasteiger partial charge < -0.3 is 5.73 Å². The molecule has 18 heavy (non-hydrogen) atoms. The molecule has 1 atom stereocenters. The average molecular weight is 247 g/mol. The predicted octanol–water partition coefficient (Wildman–Crippen LogP) is 3.52. The van der Waals surface area contributed by atoms with E-state index in [2.05, 4.69) is 0 Å². The highest BCUT2D eigenvalue weighted by molar-refractivity contribution is 5.29. The van der Waals surface area contributed by atoms with Crippen LogP contribution in [0.4, 0.5) is 8.78 Å². The van der Waals surface area contributed by atoms with Gasteiger partial charge in [-0.15, -0.1) is 0 Å². The summed E-state index contributed by atoms with van der Waals surface area (Å²) < 4.78 is 27.5. The molecule has 0 heterocycles. The lowest BCUT2D eigenvalue weighted by molar-refractivity contribution is 0.535. The van der Waals surface area contributed by atoms with Crippen molar-refractivity contribution in [3.63, 3.8) is 0 Å². The number of hydrogen-bond acceptors (Lipinski definition) is 1. The SMILES string of the molecule is Cc1ccc(F)c(CC(N)c2ccccc2)c1F. The normalized spacial score (nSPS) is 12.4. The highest BCUT2D eigenvalue weighted by atomic mass is 19.1. The molecule has 0 aliphatic heterocycles. The van der Waals surface area contributed by atoms with Crippen molar-refractivity contribution in [2.75, 3.05) is 0 Å². The molecule has 1 nitrogen and oxygen atoms in total. The van der Waals surface area contributed by atoms with Gasteiger partial charge in [0, 0.05) is 11.6 Å². The van der Waals surface area contributed by atoms with Gasteiger partial charge in [-0.25, -0.2) is 8.78 Å². The molecule has 2 rings (SSSR count). The summed E-state index contributed by atoms with van der Waals surface area (Å²) in [5.41, 5.74) is 7.35. The second kappa shape index (κ2) is 5.27. The van der Waals surface area contributed by atoms with Crippen molar-refractivity contribution in [2.45, 2.75) is 19.4 Å². The van der Waals surface area contributed by atoms with Crippen LogP contribution in [0.2, 0.25) is 0 Å². The standard InChI is InChI=1S/C15H15F2N/c1-10-7-8-13(16)12(15(10)17)9-14(18)11-5-3-2-4-6-11/h2-8,14H,9,18H2,1H3. The maximum absolute atomic E-state index is 13.8. The molecular weight excluding hydrogens is 232 g/mol. The van der Waals surface area contributed by atoms with Crippen molar-refractivity contribution in [3.8, 4) is 0 Å². The van der Waals surface area contributed by atoms with Crippen molar-refractivity contribution >= 4 is 0 Å². The molecule has 2 aromatic carbocycles. The number of halogens is 2. The van der Waals surface area contributed by atoms with E-state index in [1.165, 1.54) is 12.1 Å². The molecule has 2 aromatic rings. The second-order valence-electron chi connectivity index (χ2n) is 4.38. The Balaban J connectivity index is 2.27. The van der Waals surface area contributed by atoms with Crippen molar-refractivity contribution in [1.82, 2.24) is 0 Å². The third-order valence-corrected chi connectivity index (χ3v) is 3.03. The quantitative estimate of drug-likeness (QED) is 0.882. The summed E-state index contributed by atoms with van der Waals surface area (Å²) in [6, 6.07) is 11.6. The van der Waals surface area contributed by atoms with E-state index in [1.807, 2.05) is 30.3 Å². The van der Waals surface area contributed by atoms with E-state index in [1.54, 1.807) is 6.92 Å². The molecule has 0 aromatic heterocycles. The Labute approximate surface area is 105 Å². The molecule has 0 spiro atoms. The summed E-state index contributed by atoms with van der Waals surface area (Å²) in [7, 11) is 0. The van der Waals surface area contributed by atoms with Crippen molar-refractivity contribution in [3.05, 3.63) is 70.8 Å². The van der Waals surface area contributed by atoms with Gasteiger partial charge in [0.05, 0.1) is 0 Å². The first-order valence-corrected chi connectivity index (χ1v) is 5.83. The molecule has 0 aliphatic rings. The van der Waals surface area contributed by atoms with Gasteiger partial charge >= 0.3 is 0 Å². The van der Waals surface area contributed by atoms with Crippen LogP contribution in [0.1, 0.15) is 22.7 Å². The second-order valence-corrected chi connectivity index (χ2v) is 4.38. The van der Waals surface area contributed by atoms with Crippen LogP contribution >= 0.6 is 0 Å². The van der Waals surface area contributed by atoms with Crippen molar-refractivity contribution in [1.29, 1.82) is 0 Å². The Hall–Kier alpha value is -1.74. The van der Waals surface area contributed by atoms with Crippen LogP contribution in [-0.4, -0.2) is 0 Å². The minimum absolute atomic E-state index is 0.0614. The molecule has 3 heteroatoms. The zero-order valence-corrected chi connectivity index (χ0v) is 10.2. The number of nitrogens with two attached hydrogens (primary N) is 1. The summed E-state index contributed by atoms with van der Waals surface area (Å²) in [5, 5.41) is 0. The Morgan fingerprint density at radius 1 is 1.06 bits per heavy atom. The first-order valence-electron chi connectivity index (χ1n) is 5.83. The Kier molecular flexibility index (Phi) is 3.72. The van der Waals surface area contributed by atoms with E-state index in [0.717, 1.165) is 5.56 Å². The fourth-order valence-electron chi connectivity index (χ4n) is 1.94. The van der Waals surface area contributed by atoms with Crippen LogP contribution in [0.3, 0.4) is 0 Å². The fraction of sp³-hybridized carbons (Fsp3) is 0.200. The lowest BCUT2D eigenvalue weighted by Gasteiger charge is -2.14. The van der Waals surface area contributed by atoms with Gasteiger partial charge in [-0.3, -0.25) is 0 Å². The Morgan fingerprint density at radius 3 is 2.39 bits per heavy atom. The van der Waals surface area contributed by atoms with E-state index in [-0.39, 0.29) is 12.0 Å². The summed E-state index contributed by atoms with van der Waals surface area (Å²) in [5.74, 6) is -1.04. The van der Waals surface area contributed by atoms with Gasteiger partial charge in [-0.2, -0.15) is 0 Å². The molecule has 94 valence electrons. The van der Waals surface area contributed by atoms with Crippen molar-refractivity contribution in [2.24, 2.45) is 5.73 Å². The molecular formula is C15H15F2N. The van der Waals surface area contributed by atoms with Crippen LogP contribution in [-0.2, 0) is 6.42 Å². The van der Waals surface area contributed by atoms with Gasteiger partial charge in [0.1, 0.15) is 11.6 Å². The van der Waals surface area contributed by atoms with E-state index < -0.39 is 17.7 Å². The molecule has 0 saturated heterocycles. The molecule has 0 saturated carbocycles. The molecule has 0 bridgehead atoms. The van der Waals surface area contributed by atoms with E-state index in [4.69, 9.17) is 5.73 Å². The monoisotopic (exact) mass is 247 g/mol. The average Bonchev–Trinajstić information content (AvgIpc) is 2.40. The van der Waals surface area contributed by atoms with Gasteiger partial charge in [0.15, 0.2) is 0 Å². The summed E-state index contributed by atoms with van der Waals surface area (Å²) in [6.45, 7) is 1.62. The summed E-state index contributed by atoms with van der Waals surface area (Å²) >= 11 is 0. The molecule has 0 fully saturated rings. The Bertz CT molecular complexity index is 538. The highest BCUT2D eigenvalue weighted by Gasteiger charge is 2.15. The molecule has 1 unspecified atom stereocenters. The highest BCUT2D eigenvalue weighted by Crippen LogP contribution is 2.22. The lowest BCUT2D eigenvalue weighted by Crippen LogP contribution is -2.15. The van der Waals surface area contributed by atoms with E-state index in [0.29, 0.717) is 5.56 Å². The number of aryl methyl sites for hydroxylation is 1. The number of benzene rings is 2. The first kappa shape index (κ1) is 12.7. The smallest absolute Gasteiger partial charge is 0.132 e. The van der Waals surface area contributed by atoms with E-state index >= 15 is 0 Å². The maximum Gasteiger partial charge on any atom is 0.132 e. The van der Waals surface area contributed by atoms with Crippen LogP contribution in [0.5, 0.6) is 0 Å². The topological polar surface area (TPSA) is 26.0 Å². The molecule has 2 N–H and O–H groups in total. The van der Waals surface area contributed by atoms with Gasteiger partial charge in [0.2, 0.25) is 0 Å². The molecule has 0 amide bonds. The number of rotatable bonds is 3. The minimum atomic E-state index is -0.538. The van der Waals surface area contributed by atoms with E-state index in [9.17, 15) is 8.78 Å². The number of hydrogen-bond donors (Lipinski definition) is 1. The fourth-order valence-corrected chi connectivity index (χ4v) is 1.94. The van der Waals surface area contributed by atoms with Crippen LogP contribution < -0.4 is 5.73 Å². The first-order chi connectivity index (χ1) is 8.59. The molecule has 0 radical (unpaired) electrons. The summed E-state index contributed by atoms with van der Waals surface area (Å²) in [4.78, 5) is 0. The third kappa shape index (κ3) is 2.57. The predicted molar refractivity (Wildman–Crippen MR) is 68.2 cm³/mol. The molecule has 0 aliphatic carbocycles. The van der Waals surface area contributed by atoms with Crippen LogP contribution in [0, 0.1) is 18.6 Å². The third-order valence-electron chi connectivity index (χ3n) is 3.03. The zero-order chi connectivity index (χ0) is 13.1. The van der Waals surface area contributed by atoms with Gasteiger partial charge in [-0.1, -0.05) is 36.4 Å². The minimum Gasteiger partial charge on any atom is -0.324 e. The van der Waals surface area contributed by atoms with Crippen LogP contribution in [0.15, 0.2) is 42.5 Å². The zero-order valence-electron chi connectivity index (χ0n) is 10.2. The maximum atomic E-state index is 13.8. The summed E-state index contributed by atoms with van der Waals surface area (Å²) in [6.07, 6.45) is 0.156. The lowest BCUT2D eigenvalue weighted by atomic mass is 9.98. The van der Waals surface area contributed by atoms with Crippen molar-refractivity contribution < 1.29 is 8.78 Å². The largest absolute Gasteiger partial charge is 0.324 e. The van der Waals surface area contributed by atoms with Gasteiger partial charge in [0.25, 0.3) is 0 Å². The van der Waals surface area contributed by atoms with Crippen LogP contribution in [0.25, 0.3) is 0 Å². The van der Waals surface area contributed by atoms with Gasteiger partial charge in [-0.05, 0) is 30.5 Å².